The normalized spacial score (nSPS) is 23.5. The molecule has 0 aromatic carbocycles. The van der Waals surface area contributed by atoms with Crippen LogP contribution in [0.25, 0.3) is 0 Å². The predicted molar refractivity (Wildman–Crippen MR) is 92.9 cm³/mol. The van der Waals surface area contributed by atoms with Gasteiger partial charge in [-0.1, -0.05) is 12.2 Å². The first-order chi connectivity index (χ1) is 11.7. The number of thiazole rings is 1. The van der Waals surface area contributed by atoms with E-state index in [0.29, 0.717) is 24.6 Å². The van der Waals surface area contributed by atoms with Gasteiger partial charge in [0.25, 0.3) is 0 Å². The summed E-state index contributed by atoms with van der Waals surface area (Å²) in [5.74, 6) is 0.198. The molecule has 0 spiro atoms. The van der Waals surface area contributed by atoms with E-state index in [1.807, 2.05) is 4.90 Å². The largest absolute Gasteiger partial charge is 0.461 e. The zero-order chi connectivity index (χ0) is 16.9. The fourth-order valence-corrected chi connectivity index (χ4v) is 4.39. The lowest BCUT2D eigenvalue weighted by Crippen LogP contribution is -2.32. The lowest BCUT2D eigenvalue weighted by Gasteiger charge is -2.25. The van der Waals surface area contributed by atoms with Crippen LogP contribution in [0.15, 0.2) is 17.5 Å². The smallest absolute Gasteiger partial charge is 0.357 e. The number of amides is 1. The molecule has 24 heavy (non-hydrogen) atoms. The zero-order valence-corrected chi connectivity index (χ0v) is 14.9. The molecular weight excluding hydrogens is 324 g/mol. The molecule has 1 amide bonds. The Kier molecular flexibility index (Phi) is 5.66. The van der Waals surface area contributed by atoms with Gasteiger partial charge in [0.2, 0.25) is 5.91 Å². The molecule has 0 N–H and O–H groups in total. The van der Waals surface area contributed by atoms with Crippen LogP contribution in [-0.2, 0) is 9.53 Å². The Morgan fingerprint density at radius 2 is 2.25 bits per heavy atom. The van der Waals surface area contributed by atoms with Gasteiger partial charge >= 0.3 is 5.97 Å². The van der Waals surface area contributed by atoms with Crippen molar-refractivity contribution in [1.29, 1.82) is 0 Å². The molecule has 1 fully saturated rings. The van der Waals surface area contributed by atoms with Crippen LogP contribution in [0.5, 0.6) is 0 Å². The molecule has 5 nitrogen and oxygen atoms in total. The predicted octanol–water partition coefficient (Wildman–Crippen LogP) is 3.73. The number of rotatable bonds is 5. The van der Waals surface area contributed by atoms with Crippen molar-refractivity contribution in [3.63, 3.8) is 0 Å². The summed E-state index contributed by atoms with van der Waals surface area (Å²) in [6.45, 7) is 2.91. The van der Waals surface area contributed by atoms with Crippen LogP contribution in [0.3, 0.4) is 0 Å². The van der Waals surface area contributed by atoms with Gasteiger partial charge in [-0.25, -0.2) is 9.78 Å². The minimum atomic E-state index is -0.386. The van der Waals surface area contributed by atoms with Crippen LogP contribution >= 0.6 is 11.3 Å². The number of nitrogens with zero attached hydrogens (tertiary/aromatic N) is 2. The van der Waals surface area contributed by atoms with Gasteiger partial charge in [-0.05, 0) is 44.9 Å². The van der Waals surface area contributed by atoms with Crippen LogP contribution in [-0.4, -0.2) is 34.9 Å². The number of carbonyl (C=O) groups excluding carboxylic acids is 2. The molecule has 2 atom stereocenters. The van der Waals surface area contributed by atoms with E-state index in [4.69, 9.17) is 4.74 Å². The Morgan fingerprint density at radius 3 is 3.00 bits per heavy atom. The van der Waals surface area contributed by atoms with Crippen LogP contribution in [0.1, 0.15) is 67.0 Å². The van der Waals surface area contributed by atoms with Gasteiger partial charge in [0.05, 0.1) is 12.6 Å². The van der Waals surface area contributed by atoms with Crippen molar-refractivity contribution in [3.05, 3.63) is 28.2 Å². The third kappa shape index (κ3) is 3.86. The van der Waals surface area contributed by atoms with Crippen molar-refractivity contribution >= 4 is 23.2 Å². The molecule has 0 saturated carbocycles. The summed E-state index contributed by atoms with van der Waals surface area (Å²) >= 11 is 1.45. The van der Waals surface area contributed by atoms with Gasteiger partial charge in [0, 0.05) is 18.3 Å². The van der Waals surface area contributed by atoms with Crippen molar-refractivity contribution in [2.24, 2.45) is 5.92 Å². The second-order valence-corrected chi connectivity index (χ2v) is 7.25. The maximum absolute atomic E-state index is 12.7. The van der Waals surface area contributed by atoms with Gasteiger partial charge < -0.3 is 9.64 Å². The summed E-state index contributed by atoms with van der Waals surface area (Å²) in [5.41, 5.74) is 0.353. The van der Waals surface area contributed by atoms with Gasteiger partial charge in [0.15, 0.2) is 5.69 Å². The highest BCUT2D eigenvalue weighted by Crippen LogP contribution is 2.35. The second kappa shape index (κ2) is 7.92. The topological polar surface area (TPSA) is 59.5 Å². The Balaban J connectivity index is 1.66. The summed E-state index contributed by atoms with van der Waals surface area (Å²) in [5, 5.41) is 2.58. The minimum absolute atomic E-state index is 0.0123. The third-order valence-corrected chi connectivity index (χ3v) is 5.60. The lowest BCUT2D eigenvalue weighted by atomic mass is 9.92. The van der Waals surface area contributed by atoms with E-state index in [9.17, 15) is 9.59 Å². The molecular formula is C18H24N2O3S. The molecule has 0 bridgehead atoms. The first-order valence-electron chi connectivity index (χ1n) is 8.77. The number of hydrogen-bond donors (Lipinski definition) is 0. The molecule has 3 rings (SSSR count). The monoisotopic (exact) mass is 348 g/mol. The lowest BCUT2D eigenvalue weighted by molar-refractivity contribution is -0.132. The highest BCUT2D eigenvalue weighted by atomic mass is 32.1. The van der Waals surface area contributed by atoms with Gasteiger partial charge in [0.1, 0.15) is 5.01 Å². The molecule has 1 saturated heterocycles. The van der Waals surface area contributed by atoms with E-state index < -0.39 is 0 Å². The average Bonchev–Trinajstić information content (AvgIpc) is 3.25. The van der Waals surface area contributed by atoms with Crippen molar-refractivity contribution in [1.82, 2.24) is 9.88 Å². The SMILES string of the molecule is CCOC(=O)c1csc([C@H]2CCCN2C(=O)C[C@H]2C=CCCC2)n1. The fourth-order valence-electron chi connectivity index (χ4n) is 3.46. The van der Waals surface area contributed by atoms with Crippen LogP contribution in [0.4, 0.5) is 0 Å². The molecule has 1 aromatic heterocycles. The molecule has 2 aliphatic rings. The highest BCUT2D eigenvalue weighted by molar-refractivity contribution is 7.09. The van der Waals surface area contributed by atoms with E-state index in [1.54, 1.807) is 12.3 Å². The van der Waals surface area contributed by atoms with Crippen molar-refractivity contribution in [2.45, 2.75) is 51.5 Å². The summed E-state index contributed by atoms with van der Waals surface area (Å²) < 4.78 is 5.00. The standard InChI is InChI=1S/C18H24N2O3S/c1-2-23-18(22)14-12-24-17(19-14)15-9-6-10-20(15)16(21)11-13-7-4-3-5-8-13/h4,7,12-13,15H,2-3,5-6,8-11H2,1H3/t13-,15+/m0/s1. The Morgan fingerprint density at radius 1 is 1.38 bits per heavy atom. The molecule has 2 heterocycles. The summed E-state index contributed by atoms with van der Waals surface area (Å²) in [7, 11) is 0. The van der Waals surface area contributed by atoms with E-state index in [0.717, 1.165) is 37.2 Å². The Labute approximate surface area is 146 Å². The maximum Gasteiger partial charge on any atom is 0.357 e. The van der Waals surface area contributed by atoms with E-state index in [1.165, 1.54) is 17.8 Å². The Hall–Kier alpha value is -1.69. The van der Waals surface area contributed by atoms with Crippen LogP contribution in [0, 0.1) is 5.92 Å². The summed E-state index contributed by atoms with van der Waals surface area (Å²) in [4.78, 5) is 30.9. The molecule has 6 heteroatoms. The number of aromatic nitrogens is 1. The molecule has 0 radical (unpaired) electrons. The van der Waals surface area contributed by atoms with E-state index >= 15 is 0 Å². The Bertz CT molecular complexity index is 626. The van der Waals surface area contributed by atoms with E-state index in [2.05, 4.69) is 17.1 Å². The number of carbonyl (C=O) groups is 2. The fraction of sp³-hybridized carbons (Fsp3) is 0.611. The maximum atomic E-state index is 12.7. The summed E-state index contributed by atoms with van der Waals surface area (Å²) in [6, 6.07) is 0.0123. The second-order valence-electron chi connectivity index (χ2n) is 6.36. The molecule has 1 aliphatic carbocycles. The third-order valence-electron chi connectivity index (χ3n) is 4.66. The average molecular weight is 348 g/mol. The number of likely N-dealkylation sites (tertiary alicyclic amines) is 1. The number of allylic oxidation sites excluding steroid dienone is 2. The number of esters is 1. The highest BCUT2D eigenvalue weighted by Gasteiger charge is 2.33. The van der Waals surface area contributed by atoms with Crippen molar-refractivity contribution < 1.29 is 14.3 Å². The molecule has 0 unspecified atom stereocenters. The van der Waals surface area contributed by atoms with Crippen LogP contribution in [0.2, 0.25) is 0 Å². The van der Waals surface area contributed by atoms with Crippen molar-refractivity contribution in [2.75, 3.05) is 13.2 Å². The van der Waals surface area contributed by atoms with Crippen LogP contribution < -0.4 is 0 Å². The van der Waals surface area contributed by atoms with Gasteiger partial charge in [-0.3, -0.25) is 4.79 Å². The first kappa shape index (κ1) is 17.1. The molecule has 130 valence electrons. The van der Waals surface area contributed by atoms with Gasteiger partial charge in [-0.15, -0.1) is 11.3 Å². The molecule has 1 aromatic rings. The number of ether oxygens (including phenoxy) is 1. The minimum Gasteiger partial charge on any atom is -0.461 e. The van der Waals surface area contributed by atoms with Gasteiger partial charge in [-0.2, -0.15) is 0 Å². The summed E-state index contributed by atoms with van der Waals surface area (Å²) in [6.07, 6.45) is 10.3. The quantitative estimate of drug-likeness (QED) is 0.601. The molecule has 1 aliphatic heterocycles. The van der Waals surface area contributed by atoms with Crippen molar-refractivity contribution in [3.8, 4) is 0 Å². The zero-order valence-electron chi connectivity index (χ0n) is 14.1. The first-order valence-corrected chi connectivity index (χ1v) is 9.65. The van der Waals surface area contributed by atoms with E-state index in [-0.39, 0.29) is 17.9 Å². The number of hydrogen-bond acceptors (Lipinski definition) is 5.